The SMILES string of the molecule is Cc1nnc(CCCCOc2ccc3c(c2)CCC(=O)N3)n1C1CCCCC1. The van der Waals surface area contributed by atoms with Crippen LogP contribution in [0, 0.1) is 6.92 Å². The van der Waals surface area contributed by atoms with Crippen LogP contribution in [-0.2, 0) is 17.6 Å². The van der Waals surface area contributed by atoms with E-state index in [1.54, 1.807) is 0 Å². The smallest absolute Gasteiger partial charge is 0.224 e. The Labute approximate surface area is 166 Å². The molecule has 6 nitrogen and oxygen atoms in total. The first-order chi connectivity index (χ1) is 13.7. The van der Waals surface area contributed by atoms with Crippen molar-refractivity contribution in [3.8, 4) is 5.75 Å². The molecule has 150 valence electrons. The number of carbonyl (C=O) groups is 1. The van der Waals surface area contributed by atoms with Crippen LogP contribution < -0.4 is 10.1 Å². The number of fused-ring (bicyclic) bond motifs is 1. The summed E-state index contributed by atoms with van der Waals surface area (Å²) in [4.78, 5) is 11.4. The lowest BCUT2D eigenvalue weighted by Gasteiger charge is -2.25. The third kappa shape index (κ3) is 4.37. The standard InChI is InChI=1S/C22H30N4O2/c1-16-24-25-21(26(16)18-7-3-2-4-8-18)9-5-6-14-28-19-11-12-20-17(15-19)10-13-22(27)23-20/h11-12,15,18H,2-10,13-14H2,1H3,(H,23,27). The van der Waals surface area contributed by atoms with E-state index in [0.29, 0.717) is 19.1 Å². The maximum atomic E-state index is 11.4. The lowest BCUT2D eigenvalue weighted by molar-refractivity contribution is -0.116. The van der Waals surface area contributed by atoms with Gasteiger partial charge in [0.1, 0.15) is 17.4 Å². The van der Waals surface area contributed by atoms with Crippen LogP contribution >= 0.6 is 0 Å². The van der Waals surface area contributed by atoms with Crippen molar-refractivity contribution in [1.82, 2.24) is 14.8 Å². The molecule has 2 aromatic rings. The Hall–Kier alpha value is -2.37. The molecule has 1 aromatic carbocycles. The van der Waals surface area contributed by atoms with Crippen molar-refractivity contribution in [1.29, 1.82) is 0 Å². The molecule has 2 aliphatic rings. The number of hydrogen-bond acceptors (Lipinski definition) is 4. The average Bonchev–Trinajstić information content (AvgIpc) is 3.08. The molecule has 1 N–H and O–H groups in total. The highest BCUT2D eigenvalue weighted by Gasteiger charge is 2.20. The monoisotopic (exact) mass is 382 g/mol. The highest BCUT2D eigenvalue weighted by atomic mass is 16.5. The van der Waals surface area contributed by atoms with Crippen molar-refractivity contribution >= 4 is 11.6 Å². The normalized spacial score (nSPS) is 17.2. The molecule has 1 amide bonds. The van der Waals surface area contributed by atoms with Gasteiger partial charge in [-0.1, -0.05) is 19.3 Å². The van der Waals surface area contributed by atoms with Crippen molar-refractivity contribution in [2.75, 3.05) is 11.9 Å². The van der Waals surface area contributed by atoms with E-state index in [9.17, 15) is 4.79 Å². The van der Waals surface area contributed by atoms with Crippen LogP contribution in [0.2, 0.25) is 0 Å². The van der Waals surface area contributed by atoms with E-state index in [0.717, 1.165) is 54.3 Å². The van der Waals surface area contributed by atoms with Gasteiger partial charge in [0, 0.05) is 24.6 Å². The summed E-state index contributed by atoms with van der Waals surface area (Å²) < 4.78 is 8.32. The van der Waals surface area contributed by atoms with E-state index in [1.807, 2.05) is 12.1 Å². The van der Waals surface area contributed by atoms with Gasteiger partial charge in [-0.25, -0.2) is 0 Å². The van der Waals surface area contributed by atoms with Crippen molar-refractivity contribution in [3.05, 3.63) is 35.4 Å². The quantitative estimate of drug-likeness (QED) is 0.722. The zero-order chi connectivity index (χ0) is 19.3. The van der Waals surface area contributed by atoms with Crippen LogP contribution in [0.5, 0.6) is 5.75 Å². The van der Waals surface area contributed by atoms with E-state index in [4.69, 9.17) is 4.74 Å². The number of hydrogen-bond donors (Lipinski definition) is 1. The van der Waals surface area contributed by atoms with E-state index < -0.39 is 0 Å². The minimum Gasteiger partial charge on any atom is -0.494 e. The highest BCUT2D eigenvalue weighted by Crippen LogP contribution is 2.30. The fourth-order valence-electron chi connectivity index (χ4n) is 4.42. The van der Waals surface area contributed by atoms with Crippen LogP contribution in [0.3, 0.4) is 0 Å². The Morgan fingerprint density at radius 3 is 2.86 bits per heavy atom. The summed E-state index contributed by atoms with van der Waals surface area (Å²) in [5.41, 5.74) is 2.08. The zero-order valence-corrected chi connectivity index (χ0v) is 16.7. The number of carbonyl (C=O) groups excluding carboxylic acids is 1. The van der Waals surface area contributed by atoms with Gasteiger partial charge in [0.05, 0.1) is 6.61 Å². The Morgan fingerprint density at radius 2 is 2.00 bits per heavy atom. The van der Waals surface area contributed by atoms with Crippen LogP contribution in [0.25, 0.3) is 0 Å². The van der Waals surface area contributed by atoms with Gasteiger partial charge >= 0.3 is 0 Å². The first kappa shape index (κ1) is 19.0. The summed E-state index contributed by atoms with van der Waals surface area (Å²) in [5, 5.41) is 11.7. The number of anilines is 1. The number of nitrogens with zero attached hydrogens (tertiary/aromatic N) is 3. The molecule has 1 aliphatic heterocycles. The molecule has 28 heavy (non-hydrogen) atoms. The maximum absolute atomic E-state index is 11.4. The molecule has 1 saturated carbocycles. The van der Waals surface area contributed by atoms with E-state index in [2.05, 4.69) is 33.1 Å². The molecule has 2 heterocycles. The molecule has 4 rings (SSSR count). The topological polar surface area (TPSA) is 69.0 Å². The number of unbranched alkanes of at least 4 members (excludes halogenated alkanes) is 1. The summed E-state index contributed by atoms with van der Waals surface area (Å²) >= 11 is 0. The summed E-state index contributed by atoms with van der Waals surface area (Å²) in [6, 6.07) is 6.52. The number of aromatic nitrogens is 3. The predicted octanol–water partition coefficient (Wildman–Crippen LogP) is 4.38. The minimum atomic E-state index is 0.0949. The second kappa shape index (κ2) is 8.76. The lowest BCUT2D eigenvalue weighted by atomic mass is 9.95. The van der Waals surface area contributed by atoms with Crippen LogP contribution in [-0.4, -0.2) is 27.3 Å². The van der Waals surface area contributed by atoms with Gasteiger partial charge in [-0.3, -0.25) is 4.79 Å². The Kier molecular flexibility index (Phi) is 5.93. The minimum absolute atomic E-state index is 0.0949. The van der Waals surface area contributed by atoms with Crippen LogP contribution in [0.1, 0.15) is 74.6 Å². The van der Waals surface area contributed by atoms with Crippen LogP contribution in [0.15, 0.2) is 18.2 Å². The number of ether oxygens (including phenoxy) is 1. The van der Waals surface area contributed by atoms with Gasteiger partial charge in [0.2, 0.25) is 5.91 Å². The second-order valence-electron chi connectivity index (χ2n) is 8.00. The number of rotatable bonds is 7. The summed E-state index contributed by atoms with van der Waals surface area (Å²) in [6.07, 6.45) is 10.8. The summed E-state index contributed by atoms with van der Waals surface area (Å²) in [6.45, 7) is 2.77. The Bertz CT molecular complexity index is 824. The average molecular weight is 383 g/mol. The largest absolute Gasteiger partial charge is 0.494 e. The Balaban J connectivity index is 1.25. The maximum Gasteiger partial charge on any atom is 0.224 e. The van der Waals surface area contributed by atoms with Crippen molar-refractivity contribution in [2.24, 2.45) is 0 Å². The molecule has 0 bridgehead atoms. The molecule has 0 spiro atoms. The molecule has 1 fully saturated rings. The molecule has 6 heteroatoms. The van der Waals surface area contributed by atoms with Crippen molar-refractivity contribution < 1.29 is 9.53 Å². The molecule has 0 radical (unpaired) electrons. The van der Waals surface area contributed by atoms with E-state index in [1.165, 1.54) is 32.1 Å². The number of amides is 1. The van der Waals surface area contributed by atoms with Crippen molar-refractivity contribution in [2.45, 2.75) is 77.2 Å². The van der Waals surface area contributed by atoms with Gasteiger partial charge < -0.3 is 14.6 Å². The van der Waals surface area contributed by atoms with Gasteiger partial charge in [-0.2, -0.15) is 0 Å². The number of nitrogens with one attached hydrogen (secondary N) is 1. The summed E-state index contributed by atoms with van der Waals surface area (Å²) in [5.74, 6) is 3.17. The summed E-state index contributed by atoms with van der Waals surface area (Å²) in [7, 11) is 0. The number of benzene rings is 1. The molecule has 1 aromatic heterocycles. The fraction of sp³-hybridized carbons (Fsp3) is 0.591. The fourth-order valence-corrected chi connectivity index (χ4v) is 4.42. The lowest BCUT2D eigenvalue weighted by Crippen LogP contribution is -2.18. The Morgan fingerprint density at radius 1 is 1.14 bits per heavy atom. The van der Waals surface area contributed by atoms with E-state index in [-0.39, 0.29) is 5.91 Å². The van der Waals surface area contributed by atoms with Crippen LogP contribution in [0.4, 0.5) is 5.69 Å². The number of aryl methyl sites for hydroxylation is 3. The molecule has 0 atom stereocenters. The molecule has 0 unspecified atom stereocenters. The third-order valence-corrected chi connectivity index (χ3v) is 5.91. The highest BCUT2D eigenvalue weighted by molar-refractivity contribution is 5.93. The zero-order valence-electron chi connectivity index (χ0n) is 16.7. The van der Waals surface area contributed by atoms with Gasteiger partial charge in [0.25, 0.3) is 0 Å². The van der Waals surface area contributed by atoms with Gasteiger partial charge in [0.15, 0.2) is 0 Å². The molecular weight excluding hydrogens is 352 g/mol. The van der Waals surface area contributed by atoms with E-state index >= 15 is 0 Å². The predicted molar refractivity (Wildman–Crippen MR) is 109 cm³/mol. The van der Waals surface area contributed by atoms with Crippen molar-refractivity contribution in [3.63, 3.8) is 0 Å². The first-order valence-corrected chi connectivity index (χ1v) is 10.7. The molecular formula is C22H30N4O2. The van der Waals surface area contributed by atoms with Gasteiger partial charge in [-0.15, -0.1) is 10.2 Å². The third-order valence-electron chi connectivity index (χ3n) is 5.91. The second-order valence-corrected chi connectivity index (χ2v) is 8.00. The molecule has 0 saturated heterocycles. The first-order valence-electron chi connectivity index (χ1n) is 10.7. The molecule has 1 aliphatic carbocycles. The van der Waals surface area contributed by atoms with Gasteiger partial charge in [-0.05, 0) is 62.8 Å².